The van der Waals surface area contributed by atoms with Crippen LogP contribution in [0.2, 0.25) is 0 Å². The van der Waals surface area contributed by atoms with Gasteiger partial charge in [0, 0.05) is 6.92 Å². The molecular weight excluding hydrogens is 541 g/mol. The molecule has 3 rings (SSSR count). The maximum Gasteiger partial charge on any atom is 1.00 e. The van der Waals surface area contributed by atoms with Crippen molar-refractivity contribution in [3.05, 3.63) is 0 Å². The summed E-state index contributed by atoms with van der Waals surface area (Å²) in [7, 11) is -10.4. The van der Waals surface area contributed by atoms with Crippen LogP contribution < -0.4 is 34.7 Å². The van der Waals surface area contributed by atoms with Gasteiger partial charge in [0.2, 0.25) is 6.29 Å². The van der Waals surface area contributed by atoms with E-state index in [4.69, 9.17) is 23.5 Å². The molecule has 0 amide bonds. The van der Waals surface area contributed by atoms with Crippen LogP contribution in [-0.2, 0) is 52.9 Å². The van der Waals surface area contributed by atoms with Crippen LogP contribution in [0.25, 0.3) is 0 Å². The number of carboxylic acid groups (broad SMARTS) is 1. The molecule has 0 saturated carbocycles. The Morgan fingerprint density at radius 2 is 1.66 bits per heavy atom. The molecule has 0 aliphatic carbocycles. The average Bonchev–Trinajstić information content (AvgIpc) is 3.06. The van der Waals surface area contributed by atoms with Gasteiger partial charge in [0.25, 0.3) is 0 Å². The number of carbonyl (C=O) groups is 1. The summed E-state index contributed by atoms with van der Waals surface area (Å²) in [5.41, 5.74) is 0. The van der Waals surface area contributed by atoms with Gasteiger partial charge in [-0.25, -0.2) is 13.4 Å². The summed E-state index contributed by atoms with van der Waals surface area (Å²) in [4.78, 5) is 15.2. The average molecular weight is 561 g/mol. The maximum atomic E-state index is 11.4. The van der Waals surface area contributed by atoms with E-state index in [9.17, 15) is 46.6 Å². The number of aliphatic hydroxyl groups excluding tert-OH is 3. The summed E-state index contributed by atoms with van der Waals surface area (Å²) in [6, 6.07) is -1.32. The van der Waals surface area contributed by atoms with Crippen molar-refractivity contribution in [2.75, 3.05) is 6.61 Å². The third-order valence-electron chi connectivity index (χ3n) is 4.94. The summed E-state index contributed by atoms with van der Waals surface area (Å²) in [5, 5.41) is 41.2. The fraction of sp³-hybridized carbons (Fsp3) is 0.857. The van der Waals surface area contributed by atoms with Crippen LogP contribution in [-0.4, -0.2) is 121 Å². The number of carboxylic acids is 1. The van der Waals surface area contributed by atoms with Crippen molar-refractivity contribution in [1.29, 1.82) is 0 Å². The molecule has 21 heteroatoms. The predicted molar refractivity (Wildman–Crippen MR) is 97.1 cm³/mol. The first-order chi connectivity index (χ1) is 15.6. The Balaban J connectivity index is 0.00000432. The molecule has 3 aliphatic rings. The molecule has 196 valence electrons. The molecule has 0 radical (unpaired) electrons. The van der Waals surface area contributed by atoms with Gasteiger partial charge in [0.1, 0.15) is 48.8 Å². The van der Waals surface area contributed by atoms with Crippen LogP contribution in [0.5, 0.6) is 0 Å². The number of aliphatic hydroxyl groups is 3. The summed E-state index contributed by atoms with van der Waals surface area (Å²) >= 11 is 0. The van der Waals surface area contributed by atoms with Crippen molar-refractivity contribution >= 4 is 32.7 Å². The first kappa shape index (κ1) is 30.7. The van der Waals surface area contributed by atoms with Crippen molar-refractivity contribution in [2.45, 2.75) is 68.3 Å². The van der Waals surface area contributed by atoms with Gasteiger partial charge in [0.15, 0.2) is 12.2 Å². The minimum Gasteiger partial charge on any atom is -0.547 e. The second-order valence-corrected chi connectivity index (χ2v) is 9.46. The Labute approximate surface area is 219 Å². The molecule has 10 atom stereocenters. The van der Waals surface area contributed by atoms with E-state index in [2.05, 4.69) is 13.4 Å². The Kier molecular flexibility index (Phi) is 10.0. The van der Waals surface area contributed by atoms with E-state index < -0.39 is 94.7 Å². The van der Waals surface area contributed by atoms with Crippen LogP contribution in [0.3, 0.4) is 0 Å². The summed E-state index contributed by atoms with van der Waals surface area (Å²) in [5.74, 6) is -2.01. The first-order valence-electron chi connectivity index (χ1n) is 9.27. The van der Waals surface area contributed by atoms with Crippen LogP contribution in [0.1, 0.15) is 6.92 Å². The van der Waals surface area contributed by atoms with Gasteiger partial charge < -0.3 is 44.2 Å². The Hall–Kier alpha value is -0.560. The molecule has 0 bridgehead atoms. The van der Waals surface area contributed by atoms with Gasteiger partial charge in [0.05, 0.1) is 12.6 Å². The summed E-state index contributed by atoms with van der Waals surface area (Å²) < 4.78 is 92.6. The standard InChI is InChI=1S/C14H21NO17S2.Na/c1-3-15-5-10(30-14-8(18)6(16)7(17)11(31-14)12(19)20)9(32-34(24,25)26)4(29-13(5)28-3)2-27-33(21,22)23;/h4-11,13-14,16-18H,2H2,1H3,(H,19,20)(H,21,22,23)(H,24,25,26);/q;+1/p-1/t4-,5-,6+,7+,8-,9+,10-,11+,13+,14-;/m1./s1. The van der Waals surface area contributed by atoms with Crippen molar-refractivity contribution in [3.63, 3.8) is 0 Å². The SMILES string of the molecule is CC1=N[C@H]2[C@@H](O1)O[C@H](COS(=O)(=O)O)[C@H](OS(=O)(=O)O)[C@@H]2O[C@@H]1O[C@H](C(=O)[O-])[C@@H](O)[C@H](O)[C@H]1O.[Na+]. The second-order valence-electron chi connectivity index (χ2n) is 7.32. The molecule has 0 aromatic heterocycles. The van der Waals surface area contributed by atoms with E-state index in [0.717, 1.165) is 0 Å². The minimum absolute atomic E-state index is 0. The number of carbonyl (C=O) groups excluding carboxylic acids is 1. The molecule has 18 nitrogen and oxygen atoms in total. The molecule has 0 spiro atoms. The van der Waals surface area contributed by atoms with Gasteiger partial charge >= 0.3 is 50.4 Å². The van der Waals surface area contributed by atoms with Gasteiger partial charge in [-0.05, 0) is 0 Å². The van der Waals surface area contributed by atoms with Crippen molar-refractivity contribution < 1.29 is 108 Å². The van der Waals surface area contributed by atoms with Crippen molar-refractivity contribution in [1.82, 2.24) is 0 Å². The van der Waals surface area contributed by atoms with Crippen LogP contribution >= 0.6 is 0 Å². The molecule has 3 aliphatic heterocycles. The Bertz CT molecular complexity index is 1020. The van der Waals surface area contributed by atoms with Crippen molar-refractivity contribution in [3.8, 4) is 0 Å². The van der Waals surface area contributed by atoms with E-state index in [1.807, 2.05) is 0 Å². The fourth-order valence-corrected chi connectivity index (χ4v) is 4.36. The van der Waals surface area contributed by atoms with Crippen LogP contribution in [0.15, 0.2) is 4.99 Å². The zero-order valence-electron chi connectivity index (χ0n) is 17.9. The fourth-order valence-electron chi connectivity index (χ4n) is 3.54. The molecule has 35 heavy (non-hydrogen) atoms. The smallest absolute Gasteiger partial charge is 0.547 e. The topological polar surface area (TPSA) is 277 Å². The molecule has 0 aromatic rings. The predicted octanol–water partition coefficient (Wildman–Crippen LogP) is -8.52. The third kappa shape index (κ3) is 7.49. The number of aliphatic imine (C=N–C) groups is 1. The number of rotatable bonds is 8. The molecular formula is C14H20NNaO17S2. The van der Waals surface area contributed by atoms with Gasteiger partial charge in [-0.2, -0.15) is 16.8 Å². The maximum absolute atomic E-state index is 11.4. The molecule has 0 unspecified atom stereocenters. The van der Waals surface area contributed by atoms with Crippen LogP contribution in [0, 0.1) is 0 Å². The van der Waals surface area contributed by atoms with E-state index in [1.54, 1.807) is 0 Å². The van der Waals surface area contributed by atoms with E-state index in [1.165, 1.54) is 6.92 Å². The normalized spacial score (nSPS) is 39.7. The number of hydrogen-bond acceptors (Lipinski definition) is 16. The number of fused-ring (bicyclic) bond motifs is 1. The van der Waals surface area contributed by atoms with Crippen LogP contribution in [0.4, 0.5) is 0 Å². The Morgan fingerprint density at radius 1 is 1.03 bits per heavy atom. The molecule has 5 N–H and O–H groups in total. The number of hydrogen-bond donors (Lipinski definition) is 5. The molecule has 0 aromatic carbocycles. The quantitative estimate of drug-likeness (QED) is 0.136. The Morgan fingerprint density at radius 3 is 2.20 bits per heavy atom. The van der Waals surface area contributed by atoms with Crippen molar-refractivity contribution in [2.24, 2.45) is 4.99 Å². The monoisotopic (exact) mass is 561 g/mol. The molecule has 2 saturated heterocycles. The van der Waals surface area contributed by atoms with Gasteiger partial charge in [-0.1, -0.05) is 0 Å². The number of nitrogens with zero attached hydrogens (tertiary/aromatic N) is 1. The second kappa shape index (κ2) is 11.4. The first-order valence-corrected chi connectivity index (χ1v) is 12.0. The molecule has 3 heterocycles. The summed E-state index contributed by atoms with van der Waals surface area (Å²) in [6.07, 6.45) is -17.5. The van der Waals surface area contributed by atoms with E-state index in [0.29, 0.717) is 0 Å². The zero-order valence-corrected chi connectivity index (χ0v) is 21.5. The van der Waals surface area contributed by atoms with E-state index >= 15 is 0 Å². The number of aliphatic carboxylic acids is 1. The van der Waals surface area contributed by atoms with E-state index in [-0.39, 0.29) is 35.5 Å². The third-order valence-corrected chi connectivity index (χ3v) is 5.84. The minimum atomic E-state index is -5.30. The molecule has 2 fully saturated rings. The number of ether oxygens (including phenoxy) is 4. The zero-order chi connectivity index (χ0) is 25.6. The largest absolute Gasteiger partial charge is 1.00 e. The summed E-state index contributed by atoms with van der Waals surface area (Å²) in [6.45, 7) is 0.251. The van der Waals surface area contributed by atoms with Gasteiger partial charge in [-0.15, -0.1) is 0 Å². The van der Waals surface area contributed by atoms with Gasteiger partial charge in [-0.3, -0.25) is 9.11 Å².